The summed E-state index contributed by atoms with van der Waals surface area (Å²) in [5.41, 5.74) is 1.50. The van der Waals surface area contributed by atoms with Gasteiger partial charge in [0.2, 0.25) is 5.89 Å². The zero-order chi connectivity index (χ0) is 13.4. The number of phenolic OH excluding ortho intramolecular Hbond substituents is 1. The predicted octanol–water partition coefficient (Wildman–Crippen LogP) is 3.67. The molecule has 0 radical (unpaired) electrons. The SMILES string of the molecule is O=Cc1c(O)ccc2oc(-c3ccccc3Cl)nc12. The number of aldehydes is 1. The van der Waals surface area contributed by atoms with Crippen molar-refractivity contribution < 1.29 is 14.3 Å². The van der Waals surface area contributed by atoms with Crippen molar-refractivity contribution in [2.75, 3.05) is 0 Å². The van der Waals surface area contributed by atoms with Gasteiger partial charge in [-0.2, -0.15) is 0 Å². The van der Waals surface area contributed by atoms with Crippen molar-refractivity contribution in [3.05, 3.63) is 47.0 Å². The second-order valence-electron chi connectivity index (χ2n) is 3.96. The lowest BCUT2D eigenvalue weighted by Crippen LogP contribution is -1.84. The number of aromatic nitrogens is 1. The molecule has 0 fully saturated rings. The number of benzene rings is 2. The summed E-state index contributed by atoms with van der Waals surface area (Å²) >= 11 is 6.07. The standard InChI is InChI=1S/C14H8ClNO3/c15-10-4-2-1-3-8(10)14-16-13-9(7-17)11(18)5-6-12(13)19-14/h1-7,18H. The fraction of sp³-hybridized carbons (Fsp3) is 0. The first-order chi connectivity index (χ1) is 9.20. The fourth-order valence-corrected chi connectivity index (χ4v) is 2.09. The van der Waals surface area contributed by atoms with E-state index < -0.39 is 0 Å². The third-order valence-corrected chi connectivity index (χ3v) is 3.13. The Labute approximate surface area is 113 Å². The molecule has 5 heteroatoms. The Bertz CT molecular complexity index is 779. The van der Waals surface area contributed by atoms with Gasteiger partial charge in [-0.3, -0.25) is 4.79 Å². The molecule has 0 atom stereocenters. The maximum atomic E-state index is 11.0. The number of nitrogens with zero attached hydrogens (tertiary/aromatic N) is 1. The molecule has 0 saturated carbocycles. The monoisotopic (exact) mass is 273 g/mol. The molecular weight excluding hydrogens is 266 g/mol. The predicted molar refractivity (Wildman–Crippen MR) is 71.5 cm³/mol. The number of carbonyl (C=O) groups excluding carboxylic acids is 1. The van der Waals surface area contributed by atoms with Crippen LogP contribution >= 0.6 is 11.6 Å². The number of carbonyl (C=O) groups is 1. The maximum absolute atomic E-state index is 11.0. The van der Waals surface area contributed by atoms with Gasteiger partial charge in [0.15, 0.2) is 11.9 Å². The number of hydrogen-bond acceptors (Lipinski definition) is 4. The van der Waals surface area contributed by atoms with Crippen LogP contribution < -0.4 is 0 Å². The topological polar surface area (TPSA) is 63.3 Å². The summed E-state index contributed by atoms with van der Waals surface area (Å²) < 4.78 is 5.57. The van der Waals surface area contributed by atoms with E-state index in [1.54, 1.807) is 24.3 Å². The lowest BCUT2D eigenvalue weighted by Gasteiger charge is -1.96. The largest absolute Gasteiger partial charge is 0.507 e. The number of rotatable bonds is 2. The molecule has 0 spiro atoms. The van der Waals surface area contributed by atoms with Gasteiger partial charge in [0.05, 0.1) is 16.1 Å². The molecular formula is C14H8ClNO3. The van der Waals surface area contributed by atoms with Gasteiger partial charge in [-0.25, -0.2) is 4.98 Å². The summed E-state index contributed by atoms with van der Waals surface area (Å²) in [4.78, 5) is 15.2. The van der Waals surface area contributed by atoms with E-state index in [0.717, 1.165) is 0 Å². The highest BCUT2D eigenvalue weighted by Crippen LogP contribution is 2.32. The Kier molecular flexibility index (Phi) is 2.72. The summed E-state index contributed by atoms with van der Waals surface area (Å²) in [5, 5.41) is 10.1. The van der Waals surface area contributed by atoms with E-state index in [0.29, 0.717) is 33.9 Å². The molecule has 0 amide bonds. The van der Waals surface area contributed by atoms with E-state index in [1.165, 1.54) is 6.07 Å². The van der Waals surface area contributed by atoms with E-state index in [-0.39, 0.29) is 11.3 Å². The Morgan fingerprint density at radius 3 is 2.74 bits per heavy atom. The van der Waals surface area contributed by atoms with Crippen molar-refractivity contribution in [1.29, 1.82) is 0 Å². The first kappa shape index (κ1) is 11.7. The van der Waals surface area contributed by atoms with Crippen LogP contribution in [0.1, 0.15) is 10.4 Å². The van der Waals surface area contributed by atoms with Crippen LogP contribution in [0.2, 0.25) is 5.02 Å². The first-order valence-electron chi connectivity index (χ1n) is 5.53. The Morgan fingerprint density at radius 2 is 2.00 bits per heavy atom. The fourth-order valence-electron chi connectivity index (χ4n) is 1.87. The zero-order valence-electron chi connectivity index (χ0n) is 9.63. The average molecular weight is 274 g/mol. The molecule has 0 bridgehead atoms. The highest BCUT2D eigenvalue weighted by molar-refractivity contribution is 6.33. The molecule has 0 aliphatic rings. The highest BCUT2D eigenvalue weighted by atomic mass is 35.5. The smallest absolute Gasteiger partial charge is 0.228 e. The molecule has 0 unspecified atom stereocenters. The van der Waals surface area contributed by atoms with Gasteiger partial charge in [0, 0.05) is 0 Å². The van der Waals surface area contributed by atoms with Crippen LogP contribution in [-0.2, 0) is 0 Å². The van der Waals surface area contributed by atoms with Crippen molar-refractivity contribution in [3.63, 3.8) is 0 Å². The quantitative estimate of drug-likeness (QED) is 0.724. The molecule has 1 N–H and O–H groups in total. The van der Waals surface area contributed by atoms with Crippen LogP contribution in [0.15, 0.2) is 40.8 Å². The summed E-state index contributed by atoms with van der Waals surface area (Å²) in [6.07, 6.45) is 0.552. The lowest BCUT2D eigenvalue weighted by molar-refractivity contribution is 0.112. The van der Waals surface area contributed by atoms with Gasteiger partial charge in [0.1, 0.15) is 11.3 Å². The Balaban J connectivity index is 2.28. The summed E-state index contributed by atoms with van der Waals surface area (Å²) in [5.74, 6) is 0.191. The minimum Gasteiger partial charge on any atom is -0.507 e. The third-order valence-electron chi connectivity index (χ3n) is 2.80. The van der Waals surface area contributed by atoms with Gasteiger partial charge in [-0.15, -0.1) is 0 Å². The molecule has 1 aromatic heterocycles. The van der Waals surface area contributed by atoms with Gasteiger partial charge in [-0.1, -0.05) is 23.7 Å². The lowest BCUT2D eigenvalue weighted by atomic mass is 10.2. The van der Waals surface area contributed by atoms with Crippen molar-refractivity contribution in [1.82, 2.24) is 4.98 Å². The van der Waals surface area contributed by atoms with E-state index in [1.807, 2.05) is 6.07 Å². The van der Waals surface area contributed by atoms with Crippen molar-refractivity contribution in [2.24, 2.45) is 0 Å². The van der Waals surface area contributed by atoms with Gasteiger partial charge in [-0.05, 0) is 24.3 Å². The molecule has 0 aliphatic heterocycles. The molecule has 19 heavy (non-hydrogen) atoms. The van der Waals surface area contributed by atoms with Crippen LogP contribution in [0.5, 0.6) is 5.75 Å². The first-order valence-corrected chi connectivity index (χ1v) is 5.91. The molecule has 1 heterocycles. The zero-order valence-corrected chi connectivity index (χ0v) is 10.4. The van der Waals surface area contributed by atoms with E-state index in [2.05, 4.69) is 4.98 Å². The van der Waals surface area contributed by atoms with Crippen molar-refractivity contribution >= 4 is 29.0 Å². The molecule has 2 aromatic carbocycles. The molecule has 94 valence electrons. The summed E-state index contributed by atoms with van der Waals surface area (Å²) in [6, 6.07) is 10.1. The summed E-state index contributed by atoms with van der Waals surface area (Å²) in [7, 11) is 0. The van der Waals surface area contributed by atoms with E-state index in [4.69, 9.17) is 16.0 Å². The molecule has 0 aliphatic carbocycles. The molecule has 0 saturated heterocycles. The summed E-state index contributed by atoms with van der Waals surface area (Å²) in [6.45, 7) is 0. The molecule has 4 nitrogen and oxygen atoms in total. The number of fused-ring (bicyclic) bond motifs is 1. The number of aromatic hydroxyl groups is 1. The third kappa shape index (κ3) is 1.86. The van der Waals surface area contributed by atoms with Crippen molar-refractivity contribution in [3.8, 4) is 17.2 Å². The Hall–Kier alpha value is -2.33. The number of oxazole rings is 1. The molecule has 3 rings (SSSR count). The second kappa shape index (κ2) is 4.40. The second-order valence-corrected chi connectivity index (χ2v) is 4.37. The number of hydrogen-bond donors (Lipinski definition) is 1. The van der Waals surface area contributed by atoms with Crippen LogP contribution in [0.3, 0.4) is 0 Å². The van der Waals surface area contributed by atoms with Crippen molar-refractivity contribution in [2.45, 2.75) is 0 Å². The van der Waals surface area contributed by atoms with Crippen LogP contribution in [0.25, 0.3) is 22.6 Å². The van der Waals surface area contributed by atoms with E-state index in [9.17, 15) is 9.90 Å². The highest BCUT2D eigenvalue weighted by Gasteiger charge is 2.15. The normalized spacial score (nSPS) is 10.8. The van der Waals surface area contributed by atoms with Gasteiger partial charge < -0.3 is 9.52 Å². The number of halogens is 1. The minimum atomic E-state index is -0.124. The van der Waals surface area contributed by atoms with E-state index >= 15 is 0 Å². The number of phenols is 1. The minimum absolute atomic E-state index is 0.111. The average Bonchev–Trinajstić information content (AvgIpc) is 2.83. The molecule has 3 aromatic rings. The maximum Gasteiger partial charge on any atom is 0.228 e. The van der Waals surface area contributed by atoms with Gasteiger partial charge in [0.25, 0.3) is 0 Å². The Morgan fingerprint density at radius 1 is 1.21 bits per heavy atom. The van der Waals surface area contributed by atoms with Gasteiger partial charge >= 0.3 is 0 Å². The van der Waals surface area contributed by atoms with Crippen LogP contribution in [0.4, 0.5) is 0 Å². The van der Waals surface area contributed by atoms with Crippen LogP contribution in [-0.4, -0.2) is 16.4 Å². The van der Waals surface area contributed by atoms with Crippen LogP contribution in [0, 0.1) is 0 Å².